The molecule has 0 atom stereocenters. The van der Waals surface area contributed by atoms with Crippen molar-refractivity contribution in [2.24, 2.45) is 0 Å². The molecule has 0 spiro atoms. The first-order valence-corrected chi connectivity index (χ1v) is 13.9. The van der Waals surface area contributed by atoms with Crippen LogP contribution in [0, 0.1) is 11.6 Å². The Labute approximate surface area is 221 Å². The average Bonchev–Trinajstić information content (AvgIpc) is 3.49. The van der Waals surface area contributed by atoms with Gasteiger partial charge in [-0.25, -0.2) is 22.2 Å². The molecule has 0 saturated heterocycles. The summed E-state index contributed by atoms with van der Waals surface area (Å²) in [7, 11) is -3.21. The molecular weight excluding hydrogens is 524 g/mol. The summed E-state index contributed by atoms with van der Waals surface area (Å²) in [6.45, 7) is 0. The second-order valence-electron chi connectivity index (χ2n) is 9.33. The highest BCUT2D eigenvalue weighted by atomic mass is 32.2. The number of H-pyrrole nitrogens is 2. The molecule has 196 valence electrons. The maximum absolute atomic E-state index is 14.9. The van der Waals surface area contributed by atoms with Gasteiger partial charge in [-0.05, 0) is 48.4 Å². The summed E-state index contributed by atoms with van der Waals surface area (Å²) < 4.78 is 52.6. The maximum Gasteiger partial charge on any atom is 0.159 e. The zero-order valence-electron chi connectivity index (χ0n) is 20.5. The van der Waals surface area contributed by atoms with Gasteiger partial charge in [0.1, 0.15) is 32.7 Å². The number of nitrogens with two attached hydrogens (primary N) is 1. The first kappa shape index (κ1) is 24.6. The van der Waals surface area contributed by atoms with Crippen LogP contribution in [0.25, 0.3) is 55.8 Å². The van der Waals surface area contributed by atoms with E-state index in [-0.39, 0.29) is 12.2 Å². The molecule has 2 aromatic carbocycles. The standard InChI is InChI=1S/C27H21F2N7O2S/c1-39(37,38)5-3-14-6-15(8-17(28)7-14)24-26-22(2-4-32-24)33-27(34-26)25-20-10-19(16-9-18(30)13-31-12-16)21(29)11-23(20)35-36-25/h2,4,6-13H,3,5,30H2,1H3,(H,33,34)(H,35,36). The minimum absolute atomic E-state index is 0.0967. The molecule has 39 heavy (non-hydrogen) atoms. The minimum atomic E-state index is -3.21. The molecule has 12 heteroatoms. The van der Waals surface area contributed by atoms with Gasteiger partial charge in [-0.2, -0.15) is 5.10 Å². The number of aryl methyl sites for hydroxylation is 1. The number of anilines is 1. The van der Waals surface area contributed by atoms with E-state index >= 15 is 0 Å². The van der Waals surface area contributed by atoms with E-state index in [1.54, 1.807) is 30.5 Å². The lowest BCUT2D eigenvalue weighted by atomic mass is 10.0. The first-order valence-electron chi connectivity index (χ1n) is 11.9. The van der Waals surface area contributed by atoms with E-state index in [0.717, 1.165) is 6.26 Å². The van der Waals surface area contributed by atoms with E-state index in [1.165, 1.54) is 30.6 Å². The number of nitrogens with one attached hydrogen (secondary N) is 2. The summed E-state index contributed by atoms with van der Waals surface area (Å²) in [5, 5.41) is 7.84. The Morgan fingerprint density at radius 2 is 1.82 bits per heavy atom. The van der Waals surface area contributed by atoms with Gasteiger partial charge in [0.2, 0.25) is 0 Å². The molecule has 4 heterocycles. The normalized spacial score (nSPS) is 12.0. The largest absolute Gasteiger partial charge is 0.397 e. The van der Waals surface area contributed by atoms with Crippen LogP contribution in [0.3, 0.4) is 0 Å². The van der Waals surface area contributed by atoms with Crippen LogP contribution in [0.15, 0.2) is 61.1 Å². The molecule has 6 aromatic rings. The second kappa shape index (κ2) is 9.24. The van der Waals surface area contributed by atoms with Gasteiger partial charge >= 0.3 is 0 Å². The number of aromatic amines is 2. The molecule has 0 aliphatic rings. The van der Waals surface area contributed by atoms with Crippen LogP contribution in [-0.4, -0.2) is 50.6 Å². The molecule has 0 aliphatic carbocycles. The third-order valence-corrected chi connectivity index (χ3v) is 7.28. The summed E-state index contributed by atoms with van der Waals surface area (Å²) in [5.74, 6) is -0.656. The quantitative estimate of drug-likeness (QED) is 0.276. The number of rotatable bonds is 6. The van der Waals surface area contributed by atoms with Crippen molar-refractivity contribution in [1.82, 2.24) is 30.1 Å². The van der Waals surface area contributed by atoms with Crippen molar-refractivity contribution in [2.75, 3.05) is 17.7 Å². The van der Waals surface area contributed by atoms with Gasteiger partial charge in [0.15, 0.2) is 5.82 Å². The number of nitrogens with zero attached hydrogens (tertiary/aromatic N) is 4. The Balaban J connectivity index is 1.45. The van der Waals surface area contributed by atoms with Crippen LogP contribution in [-0.2, 0) is 16.3 Å². The van der Waals surface area contributed by atoms with Crippen LogP contribution in [0.4, 0.5) is 14.5 Å². The lowest BCUT2D eigenvalue weighted by Crippen LogP contribution is -2.06. The third-order valence-electron chi connectivity index (χ3n) is 6.34. The summed E-state index contributed by atoms with van der Waals surface area (Å²) in [6, 6.07) is 10.7. The summed E-state index contributed by atoms with van der Waals surface area (Å²) in [6.07, 6.45) is 5.90. The van der Waals surface area contributed by atoms with E-state index in [1.807, 2.05) is 0 Å². The van der Waals surface area contributed by atoms with Gasteiger partial charge in [-0.3, -0.25) is 15.1 Å². The number of aromatic nitrogens is 6. The Bertz CT molecular complexity index is 2000. The second-order valence-corrected chi connectivity index (χ2v) is 11.6. The lowest BCUT2D eigenvalue weighted by molar-refractivity contribution is 0.600. The van der Waals surface area contributed by atoms with Crippen LogP contribution < -0.4 is 5.73 Å². The van der Waals surface area contributed by atoms with E-state index in [9.17, 15) is 17.2 Å². The number of hydrogen-bond acceptors (Lipinski definition) is 7. The molecule has 0 bridgehead atoms. The van der Waals surface area contributed by atoms with Gasteiger partial charge in [0.05, 0.1) is 28.2 Å². The van der Waals surface area contributed by atoms with E-state index in [0.29, 0.717) is 67.1 Å². The number of sulfone groups is 1. The predicted octanol–water partition coefficient (Wildman–Crippen LogP) is 4.68. The van der Waals surface area contributed by atoms with E-state index < -0.39 is 21.5 Å². The number of imidazole rings is 1. The zero-order valence-corrected chi connectivity index (χ0v) is 21.4. The van der Waals surface area contributed by atoms with E-state index in [4.69, 9.17) is 10.7 Å². The number of fused-ring (bicyclic) bond motifs is 2. The number of halogens is 2. The van der Waals surface area contributed by atoms with Crippen molar-refractivity contribution in [3.05, 3.63) is 78.3 Å². The van der Waals surface area contributed by atoms with Crippen molar-refractivity contribution in [3.63, 3.8) is 0 Å². The van der Waals surface area contributed by atoms with Crippen LogP contribution in [0.1, 0.15) is 5.56 Å². The highest BCUT2D eigenvalue weighted by molar-refractivity contribution is 7.90. The summed E-state index contributed by atoms with van der Waals surface area (Å²) in [5.41, 5.74) is 10.6. The topological polar surface area (TPSA) is 143 Å². The van der Waals surface area contributed by atoms with Crippen molar-refractivity contribution in [3.8, 4) is 33.9 Å². The van der Waals surface area contributed by atoms with Crippen LogP contribution in [0.5, 0.6) is 0 Å². The first-order chi connectivity index (χ1) is 18.6. The summed E-state index contributed by atoms with van der Waals surface area (Å²) >= 11 is 0. The molecule has 0 fully saturated rings. The predicted molar refractivity (Wildman–Crippen MR) is 145 cm³/mol. The van der Waals surface area contributed by atoms with Crippen molar-refractivity contribution >= 4 is 37.5 Å². The number of pyridine rings is 2. The molecule has 0 amide bonds. The average molecular weight is 546 g/mol. The zero-order chi connectivity index (χ0) is 27.3. The van der Waals surface area contributed by atoms with Gasteiger partial charge in [0, 0.05) is 53.0 Å². The molecule has 0 aliphatic heterocycles. The molecule has 4 N–H and O–H groups in total. The van der Waals surface area contributed by atoms with Gasteiger partial charge in [-0.15, -0.1) is 0 Å². The molecule has 9 nitrogen and oxygen atoms in total. The molecule has 0 saturated carbocycles. The van der Waals surface area contributed by atoms with Gasteiger partial charge < -0.3 is 10.7 Å². The fraction of sp³-hybridized carbons (Fsp3) is 0.111. The fourth-order valence-corrected chi connectivity index (χ4v) is 5.14. The molecule has 4 aromatic heterocycles. The molecule has 6 rings (SSSR count). The SMILES string of the molecule is CS(=O)(=O)CCc1cc(F)cc(-c2nccc3[nH]c(-c4n[nH]c5cc(F)c(-c6cncc(N)c6)cc45)nc23)c1. The van der Waals surface area contributed by atoms with Crippen LogP contribution in [0.2, 0.25) is 0 Å². The fourth-order valence-electron chi connectivity index (χ4n) is 4.54. The lowest BCUT2D eigenvalue weighted by Gasteiger charge is -2.06. The minimum Gasteiger partial charge on any atom is -0.397 e. The number of benzene rings is 2. The number of hydrogen-bond donors (Lipinski definition) is 3. The van der Waals surface area contributed by atoms with Gasteiger partial charge in [-0.1, -0.05) is 0 Å². The Hall–Kier alpha value is -4.71. The van der Waals surface area contributed by atoms with E-state index in [2.05, 4.69) is 25.1 Å². The molecule has 0 radical (unpaired) electrons. The Morgan fingerprint density at radius 3 is 2.62 bits per heavy atom. The van der Waals surface area contributed by atoms with Crippen molar-refractivity contribution < 1.29 is 17.2 Å². The smallest absolute Gasteiger partial charge is 0.159 e. The highest BCUT2D eigenvalue weighted by Gasteiger charge is 2.19. The van der Waals surface area contributed by atoms with Crippen LogP contribution >= 0.6 is 0 Å². The maximum atomic E-state index is 14.9. The Morgan fingerprint density at radius 1 is 0.974 bits per heavy atom. The molecular formula is C27H21F2N7O2S. The third kappa shape index (κ3) is 4.81. The van der Waals surface area contributed by atoms with Gasteiger partial charge in [0.25, 0.3) is 0 Å². The highest BCUT2D eigenvalue weighted by Crippen LogP contribution is 2.34. The van der Waals surface area contributed by atoms with Crippen molar-refractivity contribution in [1.29, 1.82) is 0 Å². The monoisotopic (exact) mass is 545 g/mol. The van der Waals surface area contributed by atoms with Crippen molar-refractivity contribution in [2.45, 2.75) is 6.42 Å². The number of nitrogen functional groups attached to an aromatic ring is 1. The molecule has 0 unspecified atom stereocenters. The Kier molecular flexibility index (Phi) is 5.83. The summed E-state index contributed by atoms with van der Waals surface area (Å²) in [4.78, 5) is 16.4.